The van der Waals surface area contributed by atoms with Gasteiger partial charge in [0.15, 0.2) is 11.5 Å². The Morgan fingerprint density at radius 1 is 1.13 bits per heavy atom. The van der Waals surface area contributed by atoms with Crippen LogP contribution in [0.25, 0.3) is 0 Å². The molecule has 0 aliphatic rings. The van der Waals surface area contributed by atoms with Crippen molar-refractivity contribution in [1.82, 2.24) is 0 Å². The first kappa shape index (κ1) is 17.1. The summed E-state index contributed by atoms with van der Waals surface area (Å²) in [7, 11) is 3.08. The van der Waals surface area contributed by atoms with Crippen LogP contribution in [0.4, 0.5) is 4.39 Å². The van der Waals surface area contributed by atoms with Crippen LogP contribution in [-0.2, 0) is 11.3 Å². The van der Waals surface area contributed by atoms with Gasteiger partial charge in [0.05, 0.1) is 24.8 Å². The van der Waals surface area contributed by atoms with Gasteiger partial charge in [-0.25, -0.2) is 9.18 Å². The van der Waals surface area contributed by atoms with Gasteiger partial charge in [0.25, 0.3) is 0 Å². The number of carbonyl (C=O) groups excluding carboxylic acids is 1. The van der Waals surface area contributed by atoms with Crippen molar-refractivity contribution in [3.63, 3.8) is 0 Å². The molecule has 0 fully saturated rings. The standard InChI is InChI=1S/C17H16ClFO4/c1-10-6-15(21-2)16(22-3)7-11(10)9-23-17(20)13-5-4-12(19)8-14(13)18/h4-8H,9H2,1-3H3. The van der Waals surface area contributed by atoms with E-state index in [0.29, 0.717) is 11.5 Å². The Balaban J connectivity index is 2.15. The molecule has 23 heavy (non-hydrogen) atoms. The number of carbonyl (C=O) groups is 1. The summed E-state index contributed by atoms with van der Waals surface area (Å²) in [6, 6.07) is 7.06. The van der Waals surface area contributed by atoms with Gasteiger partial charge in [0, 0.05) is 0 Å². The Morgan fingerprint density at radius 3 is 2.39 bits per heavy atom. The first-order valence-corrected chi connectivity index (χ1v) is 7.17. The maximum Gasteiger partial charge on any atom is 0.339 e. The zero-order valence-electron chi connectivity index (χ0n) is 13.0. The third-order valence-electron chi connectivity index (χ3n) is 3.35. The number of esters is 1. The molecular weight excluding hydrogens is 323 g/mol. The first-order chi connectivity index (χ1) is 11.0. The second-order valence-electron chi connectivity index (χ2n) is 4.83. The van der Waals surface area contributed by atoms with Gasteiger partial charge in [0.1, 0.15) is 12.4 Å². The monoisotopic (exact) mass is 338 g/mol. The lowest BCUT2D eigenvalue weighted by molar-refractivity contribution is 0.0472. The lowest BCUT2D eigenvalue weighted by atomic mass is 10.1. The number of benzene rings is 2. The molecule has 122 valence electrons. The van der Waals surface area contributed by atoms with E-state index in [9.17, 15) is 9.18 Å². The maximum atomic E-state index is 13.0. The average Bonchev–Trinajstić information content (AvgIpc) is 2.53. The summed E-state index contributed by atoms with van der Waals surface area (Å²) < 4.78 is 28.7. The van der Waals surface area contributed by atoms with E-state index in [4.69, 9.17) is 25.8 Å². The third kappa shape index (κ3) is 3.93. The lowest BCUT2D eigenvalue weighted by Gasteiger charge is -2.13. The molecular formula is C17H16ClFO4. The average molecular weight is 339 g/mol. The Bertz CT molecular complexity index is 731. The van der Waals surface area contributed by atoms with Crippen LogP contribution in [0.2, 0.25) is 5.02 Å². The zero-order valence-corrected chi connectivity index (χ0v) is 13.7. The van der Waals surface area contributed by atoms with Gasteiger partial charge in [-0.3, -0.25) is 0 Å². The molecule has 2 rings (SSSR count). The summed E-state index contributed by atoms with van der Waals surface area (Å²) in [5, 5.41) is 0.0130. The topological polar surface area (TPSA) is 44.8 Å². The molecule has 0 bridgehead atoms. The molecule has 2 aromatic rings. The highest BCUT2D eigenvalue weighted by atomic mass is 35.5. The molecule has 6 heteroatoms. The summed E-state index contributed by atoms with van der Waals surface area (Å²) in [5.41, 5.74) is 1.78. The van der Waals surface area contributed by atoms with E-state index in [1.54, 1.807) is 19.2 Å². The van der Waals surface area contributed by atoms with Crippen LogP contribution >= 0.6 is 11.6 Å². The van der Waals surface area contributed by atoms with Crippen LogP contribution in [0.1, 0.15) is 21.5 Å². The van der Waals surface area contributed by atoms with E-state index in [1.807, 2.05) is 6.92 Å². The van der Waals surface area contributed by atoms with Crippen LogP contribution in [0.3, 0.4) is 0 Å². The highest BCUT2D eigenvalue weighted by Crippen LogP contribution is 2.30. The number of methoxy groups -OCH3 is 2. The summed E-state index contributed by atoms with van der Waals surface area (Å²) in [5.74, 6) is 0.0112. The fourth-order valence-electron chi connectivity index (χ4n) is 2.05. The predicted octanol–water partition coefficient (Wildman–Crippen LogP) is 4.16. The Hall–Kier alpha value is -2.27. The second-order valence-corrected chi connectivity index (χ2v) is 5.24. The smallest absolute Gasteiger partial charge is 0.339 e. The van der Waals surface area contributed by atoms with Crippen molar-refractivity contribution in [2.75, 3.05) is 14.2 Å². The lowest BCUT2D eigenvalue weighted by Crippen LogP contribution is -2.07. The molecule has 0 N–H and O–H groups in total. The summed E-state index contributed by atoms with van der Waals surface area (Å²) >= 11 is 5.85. The van der Waals surface area contributed by atoms with Crippen LogP contribution in [0.15, 0.2) is 30.3 Å². The molecule has 0 spiro atoms. The van der Waals surface area contributed by atoms with Crippen molar-refractivity contribution in [2.45, 2.75) is 13.5 Å². The highest BCUT2D eigenvalue weighted by molar-refractivity contribution is 6.33. The van der Waals surface area contributed by atoms with E-state index in [-0.39, 0.29) is 17.2 Å². The molecule has 0 atom stereocenters. The fourth-order valence-corrected chi connectivity index (χ4v) is 2.30. The van der Waals surface area contributed by atoms with E-state index >= 15 is 0 Å². The fraction of sp³-hybridized carbons (Fsp3) is 0.235. The maximum absolute atomic E-state index is 13.0. The molecule has 2 aromatic carbocycles. The van der Waals surface area contributed by atoms with Gasteiger partial charge < -0.3 is 14.2 Å². The molecule has 0 amide bonds. The molecule has 0 saturated heterocycles. The van der Waals surface area contributed by atoms with Crippen molar-refractivity contribution in [3.05, 3.63) is 57.9 Å². The summed E-state index contributed by atoms with van der Waals surface area (Å²) in [6.07, 6.45) is 0. The number of hydrogen-bond acceptors (Lipinski definition) is 4. The number of hydrogen-bond donors (Lipinski definition) is 0. The van der Waals surface area contributed by atoms with Crippen LogP contribution in [0.5, 0.6) is 11.5 Å². The van der Waals surface area contributed by atoms with Gasteiger partial charge in [-0.15, -0.1) is 0 Å². The van der Waals surface area contributed by atoms with Crippen molar-refractivity contribution in [1.29, 1.82) is 0 Å². The van der Waals surface area contributed by atoms with E-state index in [2.05, 4.69) is 0 Å². The zero-order chi connectivity index (χ0) is 17.0. The van der Waals surface area contributed by atoms with E-state index in [1.165, 1.54) is 13.2 Å². The van der Waals surface area contributed by atoms with Gasteiger partial charge in [0.2, 0.25) is 0 Å². The second kappa shape index (κ2) is 7.33. The summed E-state index contributed by atoms with van der Waals surface area (Å²) in [4.78, 5) is 12.1. The molecule has 0 aliphatic heterocycles. The number of aryl methyl sites for hydroxylation is 1. The van der Waals surface area contributed by atoms with Crippen LogP contribution < -0.4 is 9.47 Å². The summed E-state index contributed by atoms with van der Waals surface area (Å²) in [6.45, 7) is 1.91. The highest BCUT2D eigenvalue weighted by Gasteiger charge is 2.14. The van der Waals surface area contributed by atoms with Crippen molar-refractivity contribution in [3.8, 4) is 11.5 Å². The molecule has 0 heterocycles. The van der Waals surface area contributed by atoms with Crippen LogP contribution in [-0.4, -0.2) is 20.2 Å². The van der Waals surface area contributed by atoms with E-state index < -0.39 is 11.8 Å². The van der Waals surface area contributed by atoms with E-state index in [0.717, 1.165) is 23.3 Å². The largest absolute Gasteiger partial charge is 0.493 e. The van der Waals surface area contributed by atoms with Crippen molar-refractivity contribution in [2.24, 2.45) is 0 Å². The number of halogens is 2. The molecule has 0 aromatic heterocycles. The quantitative estimate of drug-likeness (QED) is 0.768. The SMILES string of the molecule is COc1cc(C)c(COC(=O)c2ccc(F)cc2Cl)cc1OC. The Morgan fingerprint density at radius 2 is 1.78 bits per heavy atom. The molecule has 0 unspecified atom stereocenters. The minimum atomic E-state index is -0.621. The van der Waals surface area contributed by atoms with Crippen molar-refractivity contribution >= 4 is 17.6 Å². The van der Waals surface area contributed by atoms with Gasteiger partial charge in [-0.1, -0.05) is 11.6 Å². The third-order valence-corrected chi connectivity index (χ3v) is 3.66. The molecule has 0 radical (unpaired) electrons. The van der Waals surface area contributed by atoms with Gasteiger partial charge >= 0.3 is 5.97 Å². The Labute approximate surface area is 138 Å². The number of ether oxygens (including phenoxy) is 3. The molecule has 4 nitrogen and oxygen atoms in total. The minimum absolute atomic E-state index is 0.0130. The van der Waals surface area contributed by atoms with Gasteiger partial charge in [-0.2, -0.15) is 0 Å². The van der Waals surface area contributed by atoms with Gasteiger partial charge in [-0.05, 0) is 48.4 Å². The predicted molar refractivity (Wildman–Crippen MR) is 84.8 cm³/mol. The van der Waals surface area contributed by atoms with Crippen molar-refractivity contribution < 1.29 is 23.4 Å². The minimum Gasteiger partial charge on any atom is -0.493 e. The molecule has 0 saturated carbocycles. The first-order valence-electron chi connectivity index (χ1n) is 6.80. The van der Waals surface area contributed by atoms with Crippen LogP contribution in [0, 0.1) is 12.7 Å². The number of rotatable bonds is 5. The Kier molecular flexibility index (Phi) is 5.45. The normalized spacial score (nSPS) is 10.3. The molecule has 0 aliphatic carbocycles.